The van der Waals surface area contributed by atoms with Crippen LogP contribution in [0.1, 0.15) is 24.0 Å². The minimum atomic E-state index is 0.374. The Bertz CT molecular complexity index is 475. The van der Waals surface area contributed by atoms with E-state index >= 15 is 0 Å². The van der Waals surface area contributed by atoms with E-state index in [-0.39, 0.29) is 0 Å². The highest BCUT2D eigenvalue weighted by Crippen LogP contribution is 2.29. The summed E-state index contributed by atoms with van der Waals surface area (Å²) in [4.78, 5) is 2.83. The number of thiocarbonyl (C=S) groups is 1. The van der Waals surface area contributed by atoms with Gasteiger partial charge in [0.2, 0.25) is 0 Å². The normalized spacial score (nSPS) is 14.6. The number of hydrogen-bond acceptors (Lipinski definition) is 4. The molecule has 2 N–H and O–H groups in total. The number of benzene rings is 1. The van der Waals surface area contributed by atoms with Crippen molar-refractivity contribution in [2.45, 2.75) is 25.4 Å². The lowest BCUT2D eigenvalue weighted by Gasteiger charge is -2.22. The van der Waals surface area contributed by atoms with Gasteiger partial charge in [0.05, 0.1) is 19.3 Å². The molecule has 0 atom stereocenters. The third kappa shape index (κ3) is 3.91. The molecule has 1 fully saturated rings. The van der Waals surface area contributed by atoms with Crippen LogP contribution >= 0.6 is 12.2 Å². The molecule has 0 aromatic heterocycles. The van der Waals surface area contributed by atoms with Gasteiger partial charge < -0.3 is 15.2 Å². The summed E-state index contributed by atoms with van der Waals surface area (Å²) in [6.07, 6.45) is 2.56. The predicted octanol–water partition coefficient (Wildman–Crippen LogP) is 1.94. The fourth-order valence-corrected chi connectivity index (χ4v) is 2.48. The van der Waals surface area contributed by atoms with E-state index in [1.807, 2.05) is 12.1 Å². The van der Waals surface area contributed by atoms with Crippen molar-refractivity contribution < 1.29 is 9.47 Å². The van der Waals surface area contributed by atoms with Gasteiger partial charge in [-0.2, -0.15) is 0 Å². The summed E-state index contributed by atoms with van der Waals surface area (Å²) in [6, 6.07) is 6.73. The smallest absolute Gasteiger partial charge is 0.129 e. The first-order chi connectivity index (χ1) is 9.65. The van der Waals surface area contributed by atoms with E-state index in [4.69, 9.17) is 27.4 Å². The Kier molecular flexibility index (Phi) is 5.34. The van der Waals surface area contributed by atoms with Crippen molar-refractivity contribution in [3.8, 4) is 5.75 Å². The summed E-state index contributed by atoms with van der Waals surface area (Å²) in [7, 11) is 3.37. The molecule has 2 rings (SSSR count). The van der Waals surface area contributed by atoms with Gasteiger partial charge in [-0.15, -0.1) is 0 Å². The molecule has 0 bridgehead atoms. The maximum Gasteiger partial charge on any atom is 0.129 e. The number of nitrogens with zero attached hydrogens (tertiary/aromatic N) is 1. The van der Waals surface area contributed by atoms with Crippen LogP contribution in [0.15, 0.2) is 18.2 Å². The first-order valence-electron chi connectivity index (χ1n) is 6.85. The van der Waals surface area contributed by atoms with Crippen molar-refractivity contribution in [3.63, 3.8) is 0 Å². The summed E-state index contributed by atoms with van der Waals surface area (Å²) in [5, 5.41) is 0. The summed E-state index contributed by atoms with van der Waals surface area (Å²) in [5.74, 6) is 0.733. The molecule has 0 heterocycles. The van der Waals surface area contributed by atoms with Gasteiger partial charge in [-0.25, -0.2) is 0 Å². The Balaban J connectivity index is 2.11. The van der Waals surface area contributed by atoms with Crippen molar-refractivity contribution in [2.24, 2.45) is 5.73 Å². The lowest BCUT2D eigenvalue weighted by Crippen LogP contribution is -2.29. The molecule has 0 unspecified atom stereocenters. The zero-order chi connectivity index (χ0) is 14.5. The lowest BCUT2D eigenvalue weighted by molar-refractivity contribution is 0.139. The van der Waals surface area contributed by atoms with Gasteiger partial charge >= 0.3 is 0 Å². The van der Waals surface area contributed by atoms with Crippen LogP contribution in [0.3, 0.4) is 0 Å². The van der Waals surface area contributed by atoms with Crippen LogP contribution in [-0.4, -0.2) is 43.3 Å². The third-order valence-electron chi connectivity index (χ3n) is 3.56. The highest BCUT2D eigenvalue weighted by molar-refractivity contribution is 7.80. The maximum atomic E-state index is 5.76. The average Bonchev–Trinajstić information content (AvgIpc) is 3.27. The molecule has 0 spiro atoms. The van der Waals surface area contributed by atoms with Gasteiger partial charge in [0, 0.05) is 26.2 Å². The van der Waals surface area contributed by atoms with Crippen LogP contribution in [-0.2, 0) is 11.3 Å². The van der Waals surface area contributed by atoms with Gasteiger partial charge in [-0.1, -0.05) is 18.3 Å². The number of methoxy groups -OCH3 is 2. The molecule has 1 aliphatic rings. The Hall–Kier alpha value is -1.17. The lowest BCUT2D eigenvalue weighted by atomic mass is 10.1. The largest absolute Gasteiger partial charge is 0.496 e. The second-order valence-corrected chi connectivity index (χ2v) is 5.53. The minimum absolute atomic E-state index is 0.374. The monoisotopic (exact) mass is 294 g/mol. The average molecular weight is 294 g/mol. The van der Waals surface area contributed by atoms with Gasteiger partial charge in [0.25, 0.3) is 0 Å². The fourth-order valence-electron chi connectivity index (χ4n) is 2.32. The molecule has 0 radical (unpaired) electrons. The Morgan fingerprint density at radius 3 is 2.70 bits per heavy atom. The molecule has 1 aromatic carbocycles. The molecular formula is C15H22N2O2S. The van der Waals surface area contributed by atoms with Gasteiger partial charge in [-0.3, -0.25) is 4.90 Å². The molecule has 0 amide bonds. The zero-order valence-corrected chi connectivity index (χ0v) is 12.9. The third-order valence-corrected chi connectivity index (χ3v) is 3.78. The summed E-state index contributed by atoms with van der Waals surface area (Å²) in [6.45, 7) is 2.61. The second-order valence-electron chi connectivity index (χ2n) is 5.09. The quantitative estimate of drug-likeness (QED) is 0.743. The van der Waals surface area contributed by atoms with Gasteiger partial charge in [0.15, 0.2) is 0 Å². The predicted molar refractivity (Wildman–Crippen MR) is 84.2 cm³/mol. The Morgan fingerprint density at radius 1 is 1.40 bits per heavy atom. The van der Waals surface area contributed by atoms with Crippen molar-refractivity contribution in [1.82, 2.24) is 4.90 Å². The van der Waals surface area contributed by atoms with E-state index in [0.29, 0.717) is 11.0 Å². The highest BCUT2D eigenvalue weighted by Gasteiger charge is 2.28. The van der Waals surface area contributed by atoms with Crippen LogP contribution in [0.5, 0.6) is 5.75 Å². The van der Waals surface area contributed by atoms with Crippen molar-refractivity contribution >= 4 is 17.2 Å². The van der Waals surface area contributed by atoms with Crippen molar-refractivity contribution in [1.29, 1.82) is 0 Å². The van der Waals surface area contributed by atoms with Crippen LogP contribution < -0.4 is 10.5 Å². The molecule has 4 nitrogen and oxygen atoms in total. The first kappa shape index (κ1) is 15.2. The van der Waals surface area contributed by atoms with Gasteiger partial charge in [0.1, 0.15) is 10.7 Å². The van der Waals surface area contributed by atoms with E-state index in [1.165, 1.54) is 18.4 Å². The summed E-state index contributed by atoms with van der Waals surface area (Å²) >= 11 is 5.09. The number of rotatable bonds is 8. The molecule has 1 saturated carbocycles. The molecule has 110 valence electrons. The van der Waals surface area contributed by atoms with Crippen LogP contribution in [0.25, 0.3) is 0 Å². The molecule has 1 aliphatic carbocycles. The van der Waals surface area contributed by atoms with Gasteiger partial charge in [-0.05, 0) is 30.5 Å². The molecular weight excluding hydrogens is 272 g/mol. The molecule has 0 aliphatic heterocycles. The van der Waals surface area contributed by atoms with Crippen LogP contribution in [0.4, 0.5) is 0 Å². The SMILES string of the molecule is COCCN(Cc1ccc(OC)c(C(N)=S)c1)C1CC1. The van der Waals surface area contributed by atoms with E-state index in [9.17, 15) is 0 Å². The van der Waals surface area contributed by atoms with Crippen LogP contribution in [0.2, 0.25) is 0 Å². The maximum absolute atomic E-state index is 5.76. The summed E-state index contributed by atoms with van der Waals surface area (Å²) < 4.78 is 10.5. The first-order valence-corrected chi connectivity index (χ1v) is 7.26. The van der Waals surface area contributed by atoms with Crippen LogP contribution in [0, 0.1) is 0 Å². The minimum Gasteiger partial charge on any atom is -0.496 e. The number of ether oxygens (including phenoxy) is 2. The zero-order valence-electron chi connectivity index (χ0n) is 12.1. The van der Waals surface area contributed by atoms with E-state index < -0.39 is 0 Å². The topological polar surface area (TPSA) is 47.7 Å². The standard InChI is InChI=1S/C15H22N2O2S/c1-18-8-7-17(12-4-5-12)10-11-3-6-14(19-2)13(9-11)15(16)20/h3,6,9,12H,4-5,7-8,10H2,1-2H3,(H2,16,20). The van der Waals surface area contributed by atoms with Crippen molar-refractivity contribution in [2.75, 3.05) is 27.4 Å². The van der Waals surface area contributed by atoms with E-state index in [2.05, 4.69) is 11.0 Å². The highest BCUT2D eigenvalue weighted by atomic mass is 32.1. The second kappa shape index (κ2) is 7.02. The molecule has 0 saturated heterocycles. The molecule has 5 heteroatoms. The fraction of sp³-hybridized carbons (Fsp3) is 0.533. The number of hydrogen-bond donors (Lipinski definition) is 1. The number of nitrogens with two attached hydrogens (primary N) is 1. The summed E-state index contributed by atoms with van der Waals surface area (Å²) in [5.41, 5.74) is 7.77. The molecule has 1 aromatic rings. The van der Waals surface area contributed by atoms with Crippen molar-refractivity contribution in [3.05, 3.63) is 29.3 Å². The Labute approximate surface area is 125 Å². The Morgan fingerprint density at radius 2 is 2.15 bits per heavy atom. The molecule has 20 heavy (non-hydrogen) atoms. The van der Waals surface area contributed by atoms with E-state index in [1.54, 1.807) is 14.2 Å². The van der Waals surface area contributed by atoms with E-state index in [0.717, 1.165) is 31.0 Å².